The number of nitrogens with zero attached hydrogens (tertiary/aromatic N) is 5. The van der Waals surface area contributed by atoms with Crippen LogP contribution in [0.2, 0.25) is 0 Å². The first-order chi connectivity index (χ1) is 28.0. The normalized spacial score (nSPS) is 16.9. The topological polar surface area (TPSA) is 188 Å². The number of hydrogen-bond donors (Lipinski definition) is 4. The highest BCUT2D eigenvalue weighted by Gasteiger charge is 2.43. The lowest BCUT2D eigenvalue weighted by Crippen LogP contribution is -2.52. The van der Waals surface area contributed by atoms with Crippen LogP contribution >= 0.6 is 0 Å². The summed E-state index contributed by atoms with van der Waals surface area (Å²) in [6.45, 7) is 8.12. The predicted octanol–water partition coefficient (Wildman–Crippen LogP) is 6.51. The van der Waals surface area contributed by atoms with E-state index in [1.54, 1.807) is 16.0 Å². The molecule has 0 saturated heterocycles. The van der Waals surface area contributed by atoms with Crippen LogP contribution in [0.15, 0.2) is 72.9 Å². The first-order valence-corrected chi connectivity index (χ1v) is 19.6. The number of aromatic amines is 2. The monoisotopic (exact) mass is 787 g/mol. The number of anilines is 1. The maximum atomic E-state index is 13.9. The average Bonchev–Trinajstić information content (AvgIpc) is 4.00. The van der Waals surface area contributed by atoms with Gasteiger partial charge in [-0.3, -0.25) is 19.6 Å². The maximum absolute atomic E-state index is 13.9. The fourth-order valence-electron chi connectivity index (χ4n) is 7.84. The van der Waals surface area contributed by atoms with Crippen molar-refractivity contribution in [2.75, 3.05) is 25.7 Å². The number of aryl methyl sites for hydroxylation is 1. The van der Waals surface area contributed by atoms with E-state index in [1.807, 2.05) is 76.2 Å². The molecule has 4 atom stereocenters. The summed E-state index contributed by atoms with van der Waals surface area (Å²) in [6.07, 6.45) is 2.98. The van der Waals surface area contributed by atoms with Crippen LogP contribution in [0.4, 0.5) is 15.3 Å². The molecule has 0 radical (unpaired) electrons. The molecule has 0 spiro atoms. The standard InChI is InChI=1S/C43H49N9O6/c1-7-21-51(41(54)35(24(2)3)47-43(56)58-6)25(4)37-48-38(50-49-37)30-17-13-27(14-18-30)26-11-15-28(16-12-26)33-23-44-39(45-33)34-22-31-10-8-9-29-19-20-32(46-42(55)57-5)40(53)52(34)36(29)31/h8-18,23-25,32,34-35H,7,19-22H2,1-6H3,(H,44,45)(H,46,55)(H,47,56)(H,48,49,50)/t25-,32-,34-,35-/m0/s1. The van der Waals surface area contributed by atoms with Gasteiger partial charge >= 0.3 is 12.2 Å². The zero-order chi connectivity index (χ0) is 41.1. The number of methoxy groups -OCH3 is 2. The second-order valence-electron chi connectivity index (χ2n) is 15.0. The number of ether oxygens (including phenoxy) is 2. The summed E-state index contributed by atoms with van der Waals surface area (Å²) in [7, 11) is 2.57. The number of H-pyrrole nitrogens is 2. The van der Waals surface area contributed by atoms with E-state index in [9.17, 15) is 19.2 Å². The first-order valence-electron chi connectivity index (χ1n) is 19.6. The van der Waals surface area contributed by atoms with Gasteiger partial charge in [-0.1, -0.05) is 87.5 Å². The fourth-order valence-corrected chi connectivity index (χ4v) is 7.84. The van der Waals surface area contributed by atoms with Crippen molar-refractivity contribution in [3.8, 4) is 33.8 Å². The Bertz CT molecular complexity index is 2280. The van der Waals surface area contributed by atoms with Crippen molar-refractivity contribution < 1.29 is 28.7 Å². The van der Waals surface area contributed by atoms with Crippen LogP contribution in [0.5, 0.6) is 0 Å². The number of imidazole rings is 1. The quantitative estimate of drug-likeness (QED) is 0.109. The summed E-state index contributed by atoms with van der Waals surface area (Å²) in [5.41, 5.74) is 7.69. The van der Waals surface area contributed by atoms with Gasteiger partial charge in [0.25, 0.3) is 0 Å². The second kappa shape index (κ2) is 16.9. The number of benzene rings is 3. The van der Waals surface area contributed by atoms with Gasteiger partial charge in [0.2, 0.25) is 11.8 Å². The summed E-state index contributed by atoms with van der Waals surface area (Å²) in [5.74, 6) is 1.18. The molecule has 58 heavy (non-hydrogen) atoms. The van der Waals surface area contributed by atoms with Crippen LogP contribution in [0, 0.1) is 5.92 Å². The Morgan fingerprint density at radius 1 is 0.914 bits per heavy atom. The Hall–Kier alpha value is -6.51. The SMILES string of the molecule is CCCN(C(=O)[C@@H](NC(=O)OC)C(C)C)[C@@H](C)c1nc(-c2ccc(-c3ccc(-c4cnc([C@@H]5Cc6cccc7c6N5C(=O)[C@@H](NC(=O)OC)CC7)[nH]4)cc3)cc2)n[nH]1. The Labute approximate surface area is 336 Å². The number of carbonyl (C=O) groups excluding carboxylic acids is 4. The number of alkyl carbamates (subject to hydrolysis) is 2. The molecule has 15 heteroatoms. The Morgan fingerprint density at radius 3 is 2.22 bits per heavy atom. The third-order valence-electron chi connectivity index (χ3n) is 11.0. The highest BCUT2D eigenvalue weighted by atomic mass is 16.5. The zero-order valence-electron chi connectivity index (χ0n) is 33.5. The lowest BCUT2D eigenvalue weighted by Gasteiger charge is -2.32. The van der Waals surface area contributed by atoms with Crippen molar-refractivity contribution in [1.29, 1.82) is 0 Å². The van der Waals surface area contributed by atoms with Gasteiger partial charge in [0.1, 0.15) is 23.7 Å². The second-order valence-corrected chi connectivity index (χ2v) is 15.0. The summed E-state index contributed by atoms with van der Waals surface area (Å²) in [6, 6.07) is 20.0. The molecule has 0 aliphatic carbocycles. The molecule has 2 aliphatic rings. The number of hydrogen-bond acceptors (Lipinski definition) is 9. The third-order valence-corrected chi connectivity index (χ3v) is 11.0. The van der Waals surface area contributed by atoms with Gasteiger partial charge in [0.05, 0.1) is 43.9 Å². The number of carbonyl (C=O) groups is 4. The molecule has 0 saturated carbocycles. The molecule has 4 amide bonds. The molecule has 5 aromatic rings. The molecule has 4 N–H and O–H groups in total. The smallest absolute Gasteiger partial charge is 0.407 e. The van der Waals surface area contributed by atoms with E-state index >= 15 is 0 Å². The van der Waals surface area contributed by atoms with Crippen molar-refractivity contribution in [3.63, 3.8) is 0 Å². The van der Waals surface area contributed by atoms with Crippen molar-refractivity contribution in [1.82, 2.24) is 40.7 Å². The Balaban J connectivity index is 1.04. The summed E-state index contributed by atoms with van der Waals surface area (Å²) >= 11 is 0. The van der Waals surface area contributed by atoms with Gasteiger partial charge in [-0.25, -0.2) is 19.6 Å². The van der Waals surface area contributed by atoms with E-state index < -0.39 is 30.3 Å². The first kappa shape index (κ1) is 39.7. The van der Waals surface area contributed by atoms with Crippen LogP contribution in [0.25, 0.3) is 33.8 Å². The van der Waals surface area contributed by atoms with Crippen molar-refractivity contribution in [3.05, 3.63) is 95.7 Å². The Morgan fingerprint density at radius 2 is 1.57 bits per heavy atom. The van der Waals surface area contributed by atoms with Crippen LogP contribution in [-0.2, 0) is 31.9 Å². The Kier molecular flexibility index (Phi) is 11.6. The number of aromatic nitrogens is 5. The van der Waals surface area contributed by atoms with E-state index in [0.29, 0.717) is 43.3 Å². The summed E-state index contributed by atoms with van der Waals surface area (Å²) in [4.78, 5) is 68.1. The number of para-hydroxylation sites is 1. The fraction of sp³-hybridized carbons (Fsp3) is 0.372. The molecule has 0 fully saturated rings. The molecule has 0 bridgehead atoms. The van der Waals surface area contributed by atoms with E-state index in [2.05, 4.69) is 44.0 Å². The van der Waals surface area contributed by atoms with E-state index in [1.165, 1.54) is 14.2 Å². The van der Waals surface area contributed by atoms with Gasteiger partial charge in [-0.05, 0) is 59.9 Å². The highest BCUT2D eigenvalue weighted by Crippen LogP contribution is 2.44. The third kappa shape index (κ3) is 7.88. The van der Waals surface area contributed by atoms with Crippen LogP contribution in [0.3, 0.4) is 0 Å². The lowest BCUT2D eigenvalue weighted by molar-refractivity contribution is -0.136. The van der Waals surface area contributed by atoms with Gasteiger partial charge in [0.15, 0.2) is 5.82 Å². The number of amides is 4. The van der Waals surface area contributed by atoms with E-state index in [0.717, 1.165) is 51.2 Å². The zero-order valence-corrected chi connectivity index (χ0v) is 33.5. The summed E-state index contributed by atoms with van der Waals surface area (Å²) < 4.78 is 9.56. The van der Waals surface area contributed by atoms with Crippen molar-refractivity contribution in [2.45, 2.75) is 77.5 Å². The van der Waals surface area contributed by atoms with Gasteiger partial charge in [0, 0.05) is 18.5 Å². The molecular weight excluding hydrogens is 739 g/mol. The molecular formula is C43H49N9O6. The van der Waals surface area contributed by atoms with E-state index in [4.69, 9.17) is 19.4 Å². The van der Waals surface area contributed by atoms with Crippen molar-refractivity contribution in [2.24, 2.45) is 5.92 Å². The molecule has 3 aromatic carbocycles. The lowest BCUT2D eigenvalue weighted by atomic mass is 10.0. The van der Waals surface area contributed by atoms with Crippen molar-refractivity contribution >= 4 is 29.7 Å². The molecule has 15 nitrogen and oxygen atoms in total. The van der Waals surface area contributed by atoms with Crippen LogP contribution < -0.4 is 15.5 Å². The molecule has 302 valence electrons. The maximum Gasteiger partial charge on any atom is 0.407 e. The minimum absolute atomic E-state index is 0.151. The minimum atomic E-state index is -0.750. The largest absolute Gasteiger partial charge is 0.453 e. The van der Waals surface area contributed by atoms with E-state index in [-0.39, 0.29) is 23.8 Å². The average molecular weight is 788 g/mol. The highest BCUT2D eigenvalue weighted by molar-refractivity contribution is 6.02. The molecule has 7 rings (SSSR count). The molecule has 2 aliphatic heterocycles. The minimum Gasteiger partial charge on any atom is -0.453 e. The van der Waals surface area contributed by atoms with Crippen LogP contribution in [0.1, 0.15) is 75.4 Å². The van der Waals surface area contributed by atoms with Crippen LogP contribution in [-0.4, -0.2) is 86.9 Å². The molecule has 2 aromatic heterocycles. The molecule has 0 unspecified atom stereocenters. The van der Waals surface area contributed by atoms with Gasteiger partial charge < -0.3 is 30.0 Å². The number of nitrogens with one attached hydrogen (secondary N) is 4. The predicted molar refractivity (Wildman–Crippen MR) is 217 cm³/mol. The van der Waals surface area contributed by atoms with Gasteiger partial charge in [-0.2, -0.15) is 5.10 Å². The number of rotatable bonds is 12. The molecule has 4 heterocycles. The summed E-state index contributed by atoms with van der Waals surface area (Å²) in [5, 5.41) is 12.9. The van der Waals surface area contributed by atoms with Gasteiger partial charge in [-0.15, -0.1) is 0 Å².